The second-order valence-electron chi connectivity index (χ2n) is 5.38. The molecule has 0 aliphatic carbocycles. The van der Waals surface area contributed by atoms with Crippen molar-refractivity contribution in [3.63, 3.8) is 0 Å². The van der Waals surface area contributed by atoms with E-state index in [-0.39, 0.29) is 24.2 Å². The Balaban J connectivity index is 2.21. The van der Waals surface area contributed by atoms with Gasteiger partial charge in [0, 0.05) is 22.6 Å². The van der Waals surface area contributed by atoms with E-state index in [4.69, 9.17) is 0 Å². The molecular formula is C17H14BrFN2O2. The van der Waals surface area contributed by atoms with Crippen molar-refractivity contribution in [2.75, 3.05) is 11.9 Å². The summed E-state index contributed by atoms with van der Waals surface area (Å²) in [6.45, 7) is 1.37. The normalized spacial score (nSPS) is 17.3. The highest BCUT2D eigenvalue weighted by molar-refractivity contribution is 9.10. The van der Waals surface area contributed by atoms with Crippen LogP contribution in [0.25, 0.3) is 0 Å². The number of hydrogen-bond acceptors (Lipinski definition) is 2. The summed E-state index contributed by atoms with van der Waals surface area (Å²) in [6.07, 6.45) is 0. The van der Waals surface area contributed by atoms with Crippen molar-refractivity contribution in [3.8, 4) is 0 Å². The molecule has 1 aliphatic rings. The van der Waals surface area contributed by atoms with Gasteiger partial charge in [-0.05, 0) is 35.9 Å². The molecule has 0 spiro atoms. The summed E-state index contributed by atoms with van der Waals surface area (Å²) in [6, 6.07) is 11.0. The van der Waals surface area contributed by atoms with Crippen molar-refractivity contribution in [1.82, 2.24) is 4.90 Å². The number of benzene rings is 2. The van der Waals surface area contributed by atoms with Crippen LogP contribution in [0.5, 0.6) is 0 Å². The zero-order chi connectivity index (χ0) is 16.6. The monoisotopic (exact) mass is 376 g/mol. The molecule has 1 aliphatic heterocycles. The Hall–Kier alpha value is -2.21. The Labute approximate surface area is 141 Å². The van der Waals surface area contributed by atoms with E-state index in [0.717, 1.165) is 15.6 Å². The van der Waals surface area contributed by atoms with E-state index >= 15 is 0 Å². The van der Waals surface area contributed by atoms with Gasteiger partial charge in [0.15, 0.2) is 0 Å². The lowest BCUT2D eigenvalue weighted by molar-refractivity contribution is -0.134. The van der Waals surface area contributed by atoms with Crippen LogP contribution in [0.2, 0.25) is 0 Å². The molecule has 0 radical (unpaired) electrons. The summed E-state index contributed by atoms with van der Waals surface area (Å²) in [5, 5.41) is 2.82. The fourth-order valence-electron chi connectivity index (χ4n) is 2.77. The Morgan fingerprint density at radius 1 is 1.26 bits per heavy atom. The second-order valence-corrected chi connectivity index (χ2v) is 6.30. The highest BCUT2D eigenvalue weighted by Crippen LogP contribution is 2.37. The first-order chi connectivity index (χ1) is 11.0. The Bertz CT molecular complexity index is 777. The Morgan fingerprint density at radius 2 is 1.96 bits per heavy atom. The van der Waals surface area contributed by atoms with Crippen LogP contribution in [-0.4, -0.2) is 23.3 Å². The van der Waals surface area contributed by atoms with Gasteiger partial charge in [0.1, 0.15) is 12.4 Å². The van der Waals surface area contributed by atoms with E-state index < -0.39 is 6.04 Å². The molecule has 1 N–H and O–H groups in total. The number of anilines is 1. The average Bonchev–Trinajstić information content (AvgIpc) is 2.64. The molecule has 3 rings (SSSR count). The molecule has 0 saturated carbocycles. The maximum Gasteiger partial charge on any atom is 0.244 e. The summed E-state index contributed by atoms with van der Waals surface area (Å²) < 4.78 is 14.1. The lowest BCUT2D eigenvalue weighted by Crippen LogP contribution is -2.37. The molecule has 4 nitrogen and oxygen atoms in total. The Morgan fingerprint density at radius 3 is 2.61 bits per heavy atom. The molecule has 1 atom stereocenters. The summed E-state index contributed by atoms with van der Waals surface area (Å²) in [5.74, 6) is -0.823. The van der Waals surface area contributed by atoms with Crippen LogP contribution in [0.4, 0.5) is 10.1 Å². The van der Waals surface area contributed by atoms with E-state index in [2.05, 4.69) is 21.2 Å². The van der Waals surface area contributed by atoms with Crippen LogP contribution in [0.15, 0.2) is 46.9 Å². The van der Waals surface area contributed by atoms with Crippen LogP contribution < -0.4 is 5.32 Å². The molecule has 0 aromatic heterocycles. The minimum absolute atomic E-state index is 0.0519. The largest absolute Gasteiger partial charge is 0.324 e. The summed E-state index contributed by atoms with van der Waals surface area (Å²) in [4.78, 5) is 25.7. The molecule has 0 saturated heterocycles. The molecule has 2 aromatic carbocycles. The maximum absolute atomic E-state index is 13.3. The Kier molecular flexibility index (Phi) is 4.17. The number of carbonyl (C=O) groups excluding carboxylic acids is 2. The molecule has 23 heavy (non-hydrogen) atoms. The highest BCUT2D eigenvalue weighted by Gasteiger charge is 2.31. The smallest absolute Gasteiger partial charge is 0.244 e. The van der Waals surface area contributed by atoms with Crippen LogP contribution in [0.3, 0.4) is 0 Å². The summed E-state index contributed by atoms with van der Waals surface area (Å²) in [5.41, 5.74) is 2.18. The van der Waals surface area contributed by atoms with Crippen LogP contribution in [0, 0.1) is 5.82 Å². The zero-order valence-corrected chi connectivity index (χ0v) is 13.9. The average molecular weight is 377 g/mol. The first kappa shape index (κ1) is 15.7. The number of rotatable bonds is 1. The van der Waals surface area contributed by atoms with Gasteiger partial charge >= 0.3 is 0 Å². The van der Waals surface area contributed by atoms with Gasteiger partial charge in [0.25, 0.3) is 0 Å². The molecule has 0 bridgehead atoms. The van der Waals surface area contributed by atoms with Gasteiger partial charge in [-0.2, -0.15) is 0 Å². The topological polar surface area (TPSA) is 49.4 Å². The van der Waals surface area contributed by atoms with Crippen molar-refractivity contribution in [2.45, 2.75) is 13.0 Å². The van der Waals surface area contributed by atoms with Gasteiger partial charge in [-0.3, -0.25) is 9.59 Å². The molecule has 6 heteroatoms. The predicted molar refractivity (Wildman–Crippen MR) is 88.4 cm³/mol. The van der Waals surface area contributed by atoms with E-state index in [1.165, 1.54) is 24.0 Å². The van der Waals surface area contributed by atoms with Gasteiger partial charge < -0.3 is 10.2 Å². The number of fused-ring (bicyclic) bond motifs is 1. The maximum atomic E-state index is 13.3. The van der Waals surface area contributed by atoms with Gasteiger partial charge in [0.2, 0.25) is 11.8 Å². The van der Waals surface area contributed by atoms with Crippen LogP contribution in [-0.2, 0) is 9.59 Å². The standard InChI is InChI=1S/C17H14BrFN2O2/c1-10(22)21-9-16(23)20-15-7-4-12(18)8-14(15)17(21)11-2-5-13(19)6-3-11/h2-8,17H,9H2,1H3,(H,20,23)/t17-/m0/s1. The number of nitrogens with zero attached hydrogens (tertiary/aromatic N) is 1. The van der Waals surface area contributed by atoms with Gasteiger partial charge in [-0.25, -0.2) is 4.39 Å². The van der Waals surface area contributed by atoms with Crippen molar-refractivity contribution in [3.05, 3.63) is 63.9 Å². The molecular weight excluding hydrogens is 363 g/mol. The first-order valence-corrected chi connectivity index (χ1v) is 7.87. The highest BCUT2D eigenvalue weighted by atomic mass is 79.9. The summed E-state index contributed by atoms with van der Waals surface area (Å²) in [7, 11) is 0. The molecule has 118 valence electrons. The SMILES string of the molecule is CC(=O)N1CC(=O)Nc2ccc(Br)cc2[C@@H]1c1ccc(F)cc1. The van der Waals surface area contributed by atoms with Gasteiger partial charge in [0.05, 0.1) is 6.04 Å². The quantitative estimate of drug-likeness (QED) is 0.828. The van der Waals surface area contributed by atoms with Gasteiger partial charge in [-0.1, -0.05) is 28.1 Å². The van der Waals surface area contributed by atoms with E-state index in [9.17, 15) is 14.0 Å². The van der Waals surface area contributed by atoms with E-state index in [1.807, 2.05) is 12.1 Å². The number of amides is 2. The fourth-order valence-corrected chi connectivity index (χ4v) is 3.15. The minimum Gasteiger partial charge on any atom is -0.324 e. The zero-order valence-electron chi connectivity index (χ0n) is 12.3. The van der Waals surface area contributed by atoms with Crippen LogP contribution in [0.1, 0.15) is 24.1 Å². The third-order valence-corrected chi connectivity index (χ3v) is 4.29. The van der Waals surface area contributed by atoms with Crippen molar-refractivity contribution in [1.29, 1.82) is 0 Å². The molecule has 0 fully saturated rings. The molecule has 1 heterocycles. The number of hydrogen-bond donors (Lipinski definition) is 1. The van der Waals surface area contributed by atoms with Crippen LogP contribution >= 0.6 is 15.9 Å². The third kappa shape index (κ3) is 3.12. The number of halogens is 2. The van der Waals surface area contributed by atoms with Crippen molar-refractivity contribution < 1.29 is 14.0 Å². The second kappa shape index (κ2) is 6.12. The lowest BCUT2D eigenvalue weighted by Gasteiger charge is -2.29. The molecule has 0 unspecified atom stereocenters. The molecule has 2 amide bonds. The number of nitrogens with one attached hydrogen (secondary N) is 1. The van der Waals surface area contributed by atoms with Crippen molar-refractivity contribution >= 4 is 33.4 Å². The summed E-state index contributed by atoms with van der Waals surface area (Å²) >= 11 is 3.42. The minimum atomic E-state index is -0.459. The molecule has 2 aromatic rings. The number of carbonyl (C=O) groups is 2. The lowest BCUT2D eigenvalue weighted by atomic mass is 9.96. The van der Waals surface area contributed by atoms with Gasteiger partial charge in [-0.15, -0.1) is 0 Å². The third-order valence-electron chi connectivity index (χ3n) is 3.80. The fraction of sp³-hybridized carbons (Fsp3) is 0.176. The van der Waals surface area contributed by atoms with E-state index in [0.29, 0.717) is 5.69 Å². The van der Waals surface area contributed by atoms with E-state index in [1.54, 1.807) is 18.2 Å². The first-order valence-electron chi connectivity index (χ1n) is 7.07. The van der Waals surface area contributed by atoms with Crippen molar-refractivity contribution in [2.24, 2.45) is 0 Å². The predicted octanol–water partition coefficient (Wildman–Crippen LogP) is 3.48.